The van der Waals surface area contributed by atoms with Crippen molar-refractivity contribution in [3.8, 4) is 11.5 Å². The van der Waals surface area contributed by atoms with E-state index in [0.717, 1.165) is 26.2 Å². The van der Waals surface area contributed by atoms with Crippen molar-refractivity contribution in [3.63, 3.8) is 0 Å². The number of methoxy groups -OCH3 is 2. The first-order valence-electron chi connectivity index (χ1n) is 9.33. The van der Waals surface area contributed by atoms with Crippen LogP contribution in [0.4, 0.5) is 11.4 Å². The van der Waals surface area contributed by atoms with E-state index in [9.17, 15) is 14.7 Å². The van der Waals surface area contributed by atoms with Crippen LogP contribution in [-0.4, -0.2) is 68.8 Å². The maximum Gasteiger partial charge on any atom is 0.337 e. The van der Waals surface area contributed by atoms with Crippen molar-refractivity contribution in [1.29, 1.82) is 0 Å². The zero-order valence-electron chi connectivity index (χ0n) is 16.6. The Labute approximate surface area is 169 Å². The second kappa shape index (κ2) is 9.29. The highest BCUT2D eigenvalue weighted by molar-refractivity contribution is 6.02. The first kappa shape index (κ1) is 20.5. The van der Waals surface area contributed by atoms with Gasteiger partial charge in [-0.3, -0.25) is 9.69 Å². The van der Waals surface area contributed by atoms with Crippen LogP contribution in [-0.2, 0) is 4.79 Å². The largest absolute Gasteiger partial charge is 0.493 e. The molecule has 0 aliphatic carbocycles. The molecule has 0 bridgehead atoms. The number of rotatable bonds is 7. The molecule has 1 fully saturated rings. The predicted molar refractivity (Wildman–Crippen MR) is 110 cm³/mol. The predicted octanol–water partition coefficient (Wildman–Crippen LogP) is 2.16. The van der Waals surface area contributed by atoms with Gasteiger partial charge >= 0.3 is 5.97 Å². The fourth-order valence-corrected chi connectivity index (χ4v) is 3.36. The van der Waals surface area contributed by atoms with Crippen LogP contribution in [0, 0.1) is 0 Å². The maximum absolute atomic E-state index is 12.5. The van der Waals surface area contributed by atoms with E-state index in [1.165, 1.54) is 32.0 Å². The molecule has 1 saturated heterocycles. The summed E-state index contributed by atoms with van der Waals surface area (Å²) >= 11 is 0. The summed E-state index contributed by atoms with van der Waals surface area (Å²) in [6, 6.07) is 13.0. The molecule has 2 N–H and O–H groups in total. The molecule has 1 aliphatic heterocycles. The molecular formula is C21H25N3O5. The number of carboxylic acid groups (broad SMARTS) is 1. The van der Waals surface area contributed by atoms with Gasteiger partial charge in [-0.25, -0.2) is 4.79 Å². The Balaban J connectivity index is 1.62. The number of carbonyl (C=O) groups excluding carboxylic acids is 1. The van der Waals surface area contributed by atoms with Crippen LogP contribution >= 0.6 is 0 Å². The molecule has 1 aliphatic rings. The van der Waals surface area contributed by atoms with E-state index in [2.05, 4.69) is 27.2 Å². The first-order valence-corrected chi connectivity index (χ1v) is 9.33. The molecule has 2 aromatic rings. The third kappa shape index (κ3) is 4.97. The van der Waals surface area contributed by atoms with Crippen LogP contribution in [0.3, 0.4) is 0 Å². The van der Waals surface area contributed by atoms with E-state index < -0.39 is 5.97 Å². The van der Waals surface area contributed by atoms with E-state index in [4.69, 9.17) is 9.47 Å². The molecule has 1 amide bonds. The number of amides is 1. The molecule has 0 spiro atoms. The van der Waals surface area contributed by atoms with E-state index >= 15 is 0 Å². The minimum absolute atomic E-state index is 0.0510. The van der Waals surface area contributed by atoms with Crippen LogP contribution in [0.1, 0.15) is 10.4 Å². The van der Waals surface area contributed by atoms with Crippen molar-refractivity contribution < 1.29 is 24.2 Å². The molecular weight excluding hydrogens is 374 g/mol. The van der Waals surface area contributed by atoms with E-state index in [1.807, 2.05) is 18.2 Å². The van der Waals surface area contributed by atoms with Crippen molar-refractivity contribution in [2.24, 2.45) is 0 Å². The normalized spacial score (nSPS) is 14.3. The van der Waals surface area contributed by atoms with Crippen LogP contribution in [0.15, 0.2) is 42.5 Å². The number of benzene rings is 2. The molecule has 0 unspecified atom stereocenters. The number of aromatic carboxylic acids is 1. The molecule has 0 saturated carbocycles. The summed E-state index contributed by atoms with van der Waals surface area (Å²) in [5.41, 5.74) is 1.31. The molecule has 0 atom stereocenters. The van der Waals surface area contributed by atoms with Gasteiger partial charge in [0.15, 0.2) is 11.5 Å². The number of anilines is 2. The van der Waals surface area contributed by atoms with Gasteiger partial charge in [0.05, 0.1) is 32.0 Å². The lowest BCUT2D eigenvalue weighted by Crippen LogP contribution is -2.48. The minimum atomic E-state index is -1.15. The molecule has 29 heavy (non-hydrogen) atoms. The van der Waals surface area contributed by atoms with Gasteiger partial charge in [-0.15, -0.1) is 0 Å². The first-order chi connectivity index (χ1) is 14.0. The van der Waals surface area contributed by atoms with E-state index in [-0.39, 0.29) is 23.7 Å². The fourth-order valence-electron chi connectivity index (χ4n) is 3.36. The van der Waals surface area contributed by atoms with Gasteiger partial charge in [-0.05, 0) is 12.1 Å². The number of nitrogens with zero attached hydrogens (tertiary/aromatic N) is 2. The van der Waals surface area contributed by atoms with Crippen LogP contribution in [0.5, 0.6) is 11.5 Å². The Morgan fingerprint density at radius 3 is 2.21 bits per heavy atom. The van der Waals surface area contributed by atoms with Crippen molar-refractivity contribution in [2.75, 3.05) is 57.2 Å². The highest BCUT2D eigenvalue weighted by atomic mass is 16.5. The average Bonchev–Trinajstić information content (AvgIpc) is 2.74. The number of nitrogens with one attached hydrogen (secondary N) is 1. The smallest absolute Gasteiger partial charge is 0.337 e. The van der Waals surface area contributed by atoms with Gasteiger partial charge in [0.2, 0.25) is 5.91 Å². The SMILES string of the molecule is COc1cc(NC(=O)CN2CCN(c3ccccc3)CC2)c(C(=O)O)cc1OC. The highest BCUT2D eigenvalue weighted by Gasteiger charge is 2.21. The number of ether oxygens (including phenoxy) is 2. The molecule has 8 nitrogen and oxygen atoms in total. The molecule has 1 heterocycles. The second-order valence-electron chi connectivity index (χ2n) is 6.70. The Kier molecular flexibility index (Phi) is 6.56. The van der Waals surface area contributed by atoms with Gasteiger partial charge in [0.1, 0.15) is 0 Å². The van der Waals surface area contributed by atoms with E-state index in [1.54, 1.807) is 0 Å². The molecule has 3 rings (SSSR count). The minimum Gasteiger partial charge on any atom is -0.493 e. The lowest BCUT2D eigenvalue weighted by molar-refractivity contribution is -0.117. The van der Waals surface area contributed by atoms with Gasteiger partial charge in [0, 0.05) is 44.0 Å². The van der Waals surface area contributed by atoms with Crippen LogP contribution in [0.2, 0.25) is 0 Å². The molecule has 0 aromatic heterocycles. The highest BCUT2D eigenvalue weighted by Crippen LogP contribution is 2.33. The fraction of sp³-hybridized carbons (Fsp3) is 0.333. The lowest BCUT2D eigenvalue weighted by Gasteiger charge is -2.35. The third-order valence-electron chi connectivity index (χ3n) is 4.89. The topological polar surface area (TPSA) is 91.3 Å². The lowest BCUT2D eigenvalue weighted by atomic mass is 10.1. The summed E-state index contributed by atoms with van der Waals surface area (Å²) in [5.74, 6) is -0.783. The van der Waals surface area contributed by atoms with Crippen LogP contribution in [0.25, 0.3) is 0 Å². The molecule has 154 valence electrons. The number of piperazine rings is 1. The second-order valence-corrected chi connectivity index (χ2v) is 6.70. The Bertz CT molecular complexity index is 864. The summed E-state index contributed by atoms with van der Waals surface area (Å²) < 4.78 is 10.4. The zero-order chi connectivity index (χ0) is 20.8. The third-order valence-corrected chi connectivity index (χ3v) is 4.89. The summed E-state index contributed by atoms with van der Waals surface area (Å²) in [5, 5.41) is 12.2. The Morgan fingerprint density at radius 2 is 1.62 bits per heavy atom. The van der Waals surface area contributed by atoms with Gasteiger partial charge < -0.3 is 24.8 Å². The average molecular weight is 399 g/mol. The van der Waals surface area contributed by atoms with Gasteiger partial charge in [-0.2, -0.15) is 0 Å². The van der Waals surface area contributed by atoms with Crippen molar-refractivity contribution >= 4 is 23.3 Å². The molecule has 8 heteroatoms. The van der Waals surface area contributed by atoms with Crippen molar-refractivity contribution in [1.82, 2.24) is 4.90 Å². The summed E-state index contributed by atoms with van der Waals surface area (Å²) in [6.45, 7) is 3.35. The van der Waals surface area contributed by atoms with Crippen molar-refractivity contribution in [3.05, 3.63) is 48.0 Å². The summed E-state index contributed by atoms with van der Waals surface area (Å²) in [7, 11) is 2.88. The monoisotopic (exact) mass is 399 g/mol. The number of hydrogen-bond acceptors (Lipinski definition) is 6. The number of carbonyl (C=O) groups is 2. The summed E-state index contributed by atoms with van der Waals surface area (Å²) in [6.07, 6.45) is 0. The standard InChI is InChI=1S/C21H25N3O5/c1-28-18-12-16(21(26)27)17(13-19(18)29-2)22-20(25)14-23-8-10-24(11-9-23)15-6-4-3-5-7-15/h3-7,12-13H,8-11,14H2,1-2H3,(H,22,25)(H,26,27). The Hall–Kier alpha value is -3.26. The van der Waals surface area contributed by atoms with E-state index in [0.29, 0.717) is 11.5 Å². The van der Waals surface area contributed by atoms with Gasteiger partial charge in [-0.1, -0.05) is 18.2 Å². The molecule has 2 aromatic carbocycles. The quantitative estimate of drug-likeness (QED) is 0.737. The maximum atomic E-state index is 12.5. The number of para-hydroxylation sites is 1. The van der Waals surface area contributed by atoms with Crippen LogP contribution < -0.4 is 19.7 Å². The van der Waals surface area contributed by atoms with Gasteiger partial charge in [0.25, 0.3) is 0 Å². The van der Waals surface area contributed by atoms with Crippen molar-refractivity contribution in [2.45, 2.75) is 0 Å². The summed E-state index contributed by atoms with van der Waals surface area (Å²) in [4.78, 5) is 28.4. The molecule has 0 radical (unpaired) electrons. The number of hydrogen-bond donors (Lipinski definition) is 2. The Morgan fingerprint density at radius 1 is 1.00 bits per heavy atom. The number of carboxylic acids is 1. The zero-order valence-corrected chi connectivity index (χ0v) is 16.6.